The lowest BCUT2D eigenvalue weighted by molar-refractivity contribution is -0.139. The Bertz CT molecular complexity index is 302. The summed E-state index contributed by atoms with van der Waals surface area (Å²) in [6.07, 6.45) is 2.43. The number of carboxylic acids is 1. The minimum Gasteiger partial charge on any atom is -0.481 e. The maximum absolute atomic E-state index is 12.1. The van der Waals surface area contributed by atoms with Gasteiger partial charge in [0.05, 0.1) is 5.54 Å². The number of amides is 1. The highest BCUT2D eigenvalue weighted by atomic mass is 16.4. The van der Waals surface area contributed by atoms with Gasteiger partial charge in [-0.05, 0) is 25.7 Å². The van der Waals surface area contributed by atoms with Crippen LogP contribution in [0.25, 0.3) is 0 Å². The Balaban J connectivity index is 2.53. The van der Waals surface area contributed by atoms with E-state index in [9.17, 15) is 9.59 Å². The molecule has 1 saturated heterocycles. The number of hydrogen-bond donors (Lipinski definition) is 2. The highest BCUT2D eigenvalue weighted by Gasteiger charge is 2.36. The molecule has 1 rings (SSSR count). The maximum atomic E-state index is 12.1. The number of hydrogen-bond acceptors (Lipinski definition) is 3. The lowest BCUT2D eigenvalue weighted by Gasteiger charge is -2.28. The summed E-state index contributed by atoms with van der Waals surface area (Å²) >= 11 is 0. The first-order chi connectivity index (χ1) is 7.86. The van der Waals surface area contributed by atoms with Crippen LogP contribution in [0.3, 0.4) is 0 Å². The highest BCUT2D eigenvalue weighted by Crippen LogP contribution is 2.23. The van der Waals surface area contributed by atoms with Crippen LogP contribution < -0.4 is 5.73 Å². The molecule has 0 aromatic carbocycles. The van der Waals surface area contributed by atoms with E-state index in [0.717, 1.165) is 12.8 Å². The monoisotopic (exact) mass is 242 g/mol. The van der Waals surface area contributed by atoms with Crippen LogP contribution in [0.2, 0.25) is 0 Å². The molecule has 0 radical (unpaired) electrons. The highest BCUT2D eigenvalue weighted by molar-refractivity contribution is 5.86. The summed E-state index contributed by atoms with van der Waals surface area (Å²) in [5.41, 5.74) is 5.18. The smallest absolute Gasteiger partial charge is 0.303 e. The summed E-state index contributed by atoms with van der Waals surface area (Å²) in [5, 5.41) is 8.71. The third kappa shape index (κ3) is 3.70. The predicted octanol–water partition coefficient (Wildman–Crippen LogP) is 0.827. The Morgan fingerprint density at radius 1 is 1.53 bits per heavy atom. The number of aliphatic carboxylic acids is 1. The Hall–Kier alpha value is -1.10. The van der Waals surface area contributed by atoms with Crippen molar-refractivity contribution in [3.63, 3.8) is 0 Å². The van der Waals surface area contributed by atoms with E-state index in [2.05, 4.69) is 0 Å². The van der Waals surface area contributed by atoms with Crippen molar-refractivity contribution in [3.05, 3.63) is 0 Å². The van der Waals surface area contributed by atoms with Crippen molar-refractivity contribution in [3.8, 4) is 0 Å². The van der Waals surface area contributed by atoms with Gasteiger partial charge in [0.25, 0.3) is 0 Å². The average molecular weight is 242 g/mol. The molecule has 98 valence electrons. The molecule has 1 aliphatic rings. The molecule has 5 heteroatoms. The largest absolute Gasteiger partial charge is 0.481 e. The van der Waals surface area contributed by atoms with Crippen LogP contribution in [0.5, 0.6) is 0 Å². The van der Waals surface area contributed by atoms with Crippen molar-refractivity contribution in [1.82, 2.24) is 4.90 Å². The van der Waals surface area contributed by atoms with Crippen LogP contribution in [0, 0.1) is 5.92 Å². The third-order valence-corrected chi connectivity index (χ3v) is 3.29. The number of carbonyl (C=O) groups is 2. The van der Waals surface area contributed by atoms with Crippen molar-refractivity contribution in [2.24, 2.45) is 11.7 Å². The molecule has 1 aliphatic heterocycles. The lowest BCUT2D eigenvalue weighted by atomic mass is 9.96. The van der Waals surface area contributed by atoms with Gasteiger partial charge >= 0.3 is 5.97 Å². The second-order valence-corrected chi connectivity index (χ2v) is 5.17. The normalized spacial score (nSPS) is 23.5. The molecule has 0 spiro atoms. The molecular weight excluding hydrogens is 220 g/mol. The van der Waals surface area contributed by atoms with Crippen LogP contribution in [0.1, 0.15) is 39.5 Å². The summed E-state index contributed by atoms with van der Waals surface area (Å²) in [5.74, 6) is -0.769. The van der Waals surface area contributed by atoms with E-state index >= 15 is 0 Å². The van der Waals surface area contributed by atoms with Crippen LogP contribution in [0.4, 0.5) is 0 Å². The first-order valence-electron chi connectivity index (χ1n) is 6.17. The molecule has 1 heterocycles. The fourth-order valence-electron chi connectivity index (χ4n) is 2.42. The van der Waals surface area contributed by atoms with E-state index in [1.54, 1.807) is 11.8 Å². The van der Waals surface area contributed by atoms with Gasteiger partial charge < -0.3 is 15.7 Å². The van der Waals surface area contributed by atoms with Crippen LogP contribution in [0.15, 0.2) is 0 Å². The van der Waals surface area contributed by atoms with E-state index in [1.807, 2.05) is 6.92 Å². The minimum absolute atomic E-state index is 0.0489. The number of carboxylic acid groups (broad SMARTS) is 1. The van der Waals surface area contributed by atoms with Gasteiger partial charge in [0.15, 0.2) is 0 Å². The molecule has 17 heavy (non-hydrogen) atoms. The number of nitrogens with zero attached hydrogens (tertiary/aromatic N) is 1. The molecule has 0 saturated carbocycles. The summed E-state index contributed by atoms with van der Waals surface area (Å²) in [6, 6.07) is 0. The first kappa shape index (κ1) is 14.0. The van der Waals surface area contributed by atoms with E-state index < -0.39 is 11.5 Å². The van der Waals surface area contributed by atoms with Gasteiger partial charge in [-0.2, -0.15) is 0 Å². The van der Waals surface area contributed by atoms with Crippen molar-refractivity contribution < 1.29 is 14.7 Å². The Kier molecular flexibility index (Phi) is 4.51. The molecule has 0 aromatic rings. The molecule has 0 aliphatic carbocycles. The zero-order chi connectivity index (χ0) is 13.1. The fraction of sp³-hybridized carbons (Fsp3) is 0.833. The summed E-state index contributed by atoms with van der Waals surface area (Å²) in [4.78, 5) is 24.5. The Morgan fingerprint density at radius 3 is 2.71 bits per heavy atom. The van der Waals surface area contributed by atoms with E-state index in [-0.39, 0.29) is 18.2 Å². The SMILES string of the molecule is CCCC(C)(N)C(=O)N1CCC(CC(=O)O)C1. The minimum atomic E-state index is -0.813. The average Bonchev–Trinajstić information content (AvgIpc) is 2.63. The van der Waals surface area contributed by atoms with Gasteiger partial charge in [0.1, 0.15) is 0 Å². The fourth-order valence-corrected chi connectivity index (χ4v) is 2.42. The van der Waals surface area contributed by atoms with Gasteiger partial charge in [-0.15, -0.1) is 0 Å². The topological polar surface area (TPSA) is 83.6 Å². The molecule has 3 N–H and O–H groups in total. The molecular formula is C12H22N2O3. The number of nitrogens with two attached hydrogens (primary N) is 1. The Labute approximate surface area is 102 Å². The van der Waals surface area contributed by atoms with Crippen LogP contribution in [-0.4, -0.2) is 40.5 Å². The van der Waals surface area contributed by atoms with Crippen molar-refractivity contribution in [1.29, 1.82) is 0 Å². The molecule has 5 nitrogen and oxygen atoms in total. The zero-order valence-electron chi connectivity index (χ0n) is 10.6. The van der Waals surface area contributed by atoms with E-state index in [0.29, 0.717) is 19.5 Å². The lowest BCUT2D eigenvalue weighted by Crippen LogP contribution is -2.52. The summed E-state index contributed by atoms with van der Waals surface area (Å²) in [6.45, 7) is 4.91. The van der Waals surface area contributed by atoms with E-state index in [4.69, 9.17) is 10.8 Å². The molecule has 2 atom stereocenters. The van der Waals surface area contributed by atoms with Crippen molar-refractivity contribution >= 4 is 11.9 Å². The van der Waals surface area contributed by atoms with Crippen LogP contribution >= 0.6 is 0 Å². The molecule has 1 fully saturated rings. The quantitative estimate of drug-likeness (QED) is 0.748. The van der Waals surface area contributed by atoms with Gasteiger partial charge in [-0.25, -0.2) is 0 Å². The van der Waals surface area contributed by atoms with Gasteiger partial charge in [0.2, 0.25) is 5.91 Å². The van der Waals surface area contributed by atoms with E-state index in [1.165, 1.54) is 0 Å². The molecule has 1 amide bonds. The number of rotatable bonds is 5. The van der Waals surface area contributed by atoms with Gasteiger partial charge in [-0.1, -0.05) is 13.3 Å². The number of carbonyl (C=O) groups excluding carboxylic acids is 1. The first-order valence-corrected chi connectivity index (χ1v) is 6.17. The molecule has 0 aromatic heterocycles. The summed E-state index contributed by atoms with van der Waals surface area (Å²) in [7, 11) is 0. The molecule has 2 unspecified atom stereocenters. The van der Waals surface area contributed by atoms with Gasteiger partial charge in [0, 0.05) is 19.5 Å². The molecule has 0 bridgehead atoms. The second kappa shape index (κ2) is 5.49. The zero-order valence-corrected chi connectivity index (χ0v) is 10.6. The van der Waals surface area contributed by atoms with Crippen LogP contribution in [-0.2, 0) is 9.59 Å². The maximum Gasteiger partial charge on any atom is 0.303 e. The third-order valence-electron chi connectivity index (χ3n) is 3.29. The summed E-state index contributed by atoms with van der Waals surface area (Å²) < 4.78 is 0. The standard InChI is InChI=1S/C12H22N2O3/c1-3-5-12(2,13)11(17)14-6-4-9(8-14)7-10(15)16/h9H,3-8,13H2,1-2H3,(H,15,16). The Morgan fingerprint density at radius 2 is 2.18 bits per heavy atom. The van der Waals surface area contributed by atoms with Gasteiger partial charge in [-0.3, -0.25) is 9.59 Å². The number of likely N-dealkylation sites (tertiary alicyclic amines) is 1. The predicted molar refractivity (Wildman–Crippen MR) is 64.4 cm³/mol. The van der Waals surface area contributed by atoms with Crippen molar-refractivity contribution in [2.45, 2.75) is 45.1 Å². The van der Waals surface area contributed by atoms with Crippen molar-refractivity contribution in [2.75, 3.05) is 13.1 Å². The second-order valence-electron chi connectivity index (χ2n) is 5.17.